The minimum Gasteiger partial charge on any atom is -0.490 e. The van der Waals surface area contributed by atoms with E-state index in [9.17, 15) is 24.0 Å². The Hall–Kier alpha value is -5.66. The van der Waals surface area contributed by atoms with Crippen molar-refractivity contribution in [3.8, 4) is 17.6 Å². The Morgan fingerprint density at radius 3 is 2.33 bits per heavy atom. The van der Waals surface area contributed by atoms with Gasteiger partial charge in [0, 0.05) is 51.3 Å². The largest absolute Gasteiger partial charge is 0.490 e. The summed E-state index contributed by atoms with van der Waals surface area (Å²) in [6.45, 7) is 3.71. The van der Waals surface area contributed by atoms with Crippen molar-refractivity contribution < 1.29 is 37.8 Å². The zero-order valence-electron chi connectivity index (χ0n) is 29.8. The maximum absolute atomic E-state index is 15.2. The molecule has 3 aliphatic heterocycles. The number of nitriles is 1. The zero-order valence-corrected chi connectivity index (χ0v) is 30.5. The number of amides is 5. The van der Waals surface area contributed by atoms with E-state index in [1.54, 1.807) is 18.2 Å². The van der Waals surface area contributed by atoms with Crippen molar-refractivity contribution in [1.82, 2.24) is 24.7 Å². The van der Waals surface area contributed by atoms with Gasteiger partial charge < -0.3 is 20.1 Å². The number of nitrogens with zero attached hydrogens (tertiary/aromatic N) is 7. The number of anilines is 1. The molecule has 1 saturated carbocycles. The van der Waals surface area contributed by atoms with Gasteiger partial charge in [0.05, 0.1) is 46.8 Å². The second-order valence-corrected chi connectivity index (χ2v) is 14.3. The third-order valence-corrected chi connectivity index (χ3v) is 10.9. The molecule has 1 aliphatic carbocycles. The Morgan fingerprint density at radius 2 is 1.67 bits per heavy atom. The molecule has 17 heteroatoms. The fraction of sp³-hybridized carbons (Fsp3) is 0.421. The van der Waals surface area contributed by atoms with Crippen LogP contribution in [0.3, 0.4) is 0 Å². The first-order valence-corrected chi connectivity index (χ1v) is 18.6. The van der Waals surface area contributed by atoms with E-state index in [0.717, 1.165) is 24.1 Å². The van der Waals surface area contributed by atoms with Crippen molar-refractivity contribution in [3.05, 3.63) is 75.9 Å². The highest BCUT2D eigenvalue weighted by atomic mass is 35.5. The number of rotatable bonds is 11. The molecule has 2 saturated heterocycles. The van der Waals surface area contributed by atoms with Crippen LogP contribution in [-0.2, 0) is 9.59 Å². The first-order valence-electron chi connectivity index (χ1n) is 18.2. The van der Waals surface area contributed by atoms with Crippen molar-refractivity contribution in [1.29, 1.82) is 5.26 Å². The number of hydrogen-bond donors (Lipinski definition) is 1. The summed E-state index contributed by atoms with van der Waals surface area (Å²) in [6.07, 6.45) is 5.22. The molecule has 3 aromatic rings. The Kier molecular flexibility index (Phi) is 10.9. The van der Waals surface area contributed by atoms with E-state index in [2.05, 4.69) is 19.8 Å². The first kappa shape index (κ1) is 37.6. The first-order chi connectivity index (χ1) is 26.5. The van der Waals surface area contributed by atoms with Crippen LogP contribution < -0.4 is 20.1 Å². The molecule has 15 nitrogen and oxygen atoms in total. The summed E-state index contributed by atoms with van der Waals surface area (Å²) in [5.41, 5.74) is 5.47. The van der Waals surface area contributed by atoms with Crippen molar-refractivity contribution in [2.24, 2.45) is 5.73 Å². The number of halogens is 2. The molecule has 4 aliphatic rings. The van der Waals surface area contributed by atoms with E-state index in [1.807, 2.05) is 6.07 Å². The van der Waals surface area contributed by atoms with E-state index in [-0.39, 0.29) is 59.1 Å². The lowest BCUT2D eigenvalue weighted by Gasteiger charge is -2.41. The third-order valence-electron chi connectivity index (χ3n) is 10.5. The molecule has 5 amide bonds. The highest BCUT2D eigenvalue weighted by Crippen LogP contribution is 2.36. The standard InChI is InChI=1S/C38H38ClFN8O7/c39-28-16-25(5-2-22(28)19-41)55-24-6-3-23(4-7-24)47-34(49)9-8-31(38(47)53)48-36(51)26-17-29(40)32(18-27(26)37(48)52)54-15-1-10-45-11-13-46(14-12-45)33-21-43-30(20-44-33)35(42)50/h2,5,16-18,20-21,23-24,31H,1,3-4,6-15H2,(H2,42,50). The number of likely N-dealkylation sites (tertiary alicyclic amines) is 1. The SMILES string of the molecule is N#Cc1ccc(OC2CCC(N3C(=O)CCC(N4C(=O)c5cc(F)c(OCCCN6CCN(c7cnc(C(N)=O)cn7)CC6)cc5C4=O)C3=O)CC2)cc1Cl. The van der Waals surface area contributed by atoms with Gasteiger partial charge in [0.1, 0.15) is 29.4 Å². The van der Waals surface area contributed by atoms with Crippen LogP contribution in [0.5, 0.6) is 11.5 Å². The maximum Gasteiger partial charge on any atom is 0.268 e. The number of hydrogen-bond acceptors (Lipinski definition) is 12. The highest BCUT2D eigenvalue weighted by Gasteiger charge is 2.49. The predicted molar refractivity (Wildman–Crippen MR) is 194 cm³/mol. The fourth-order valence-corrected chi connectivity index (χ4v) is 7.83. The Balaban J connectivity index is 0.912. The molecule has 1 atom stereocenters. The summed E-state index contributed by atoms with van der Waals surface area (Å²) in [5, 5.41) is 9.40. The van der Waals surface area contributed by atoms with Crippen LogP contribution in [0.2, 0.25) is 5.02 Å². The molecule has 0 radical (unpaired) electrons. The lowest BCUT2D eigenvalue weighted by atomic mass is 9.89. The van der Waals surface area contributed by atoms with Crippen molar-refractivity contribution in [2.75, 3.05) is 44.2 Å². The van der Waals surface area contributed by atoms with Gasteiger partial charge in [0.15, 0.2) is 11.6 Å². The second-order valence-electron chi connectivity index (χ2n) is 13.9. The van der Waals surface area contributed by atoms with E-state index >= 15 is 4.39 Å². The van der Waals surface area contributed by atoms with Gasteiger partial charge >= 0.3 is 0 Å². The number of carbonyl (C=O) groups excluding carboxylic acids is 5. The number of primary amides is 1. The van der Waals surface area contributed by atoms with E-state index < -0.39 is 41.5 Å². The molecular formula is C38H38ClFN8O7. The van der Waals surface area contributed by atoms with Crippen LogP contribution in [0.15, 0.2) is 42.7 Å². The van der Waals surface area contributed by atoms with Crippen LogP contribution in [0.4, 0.5) is 10.2 Å². The molecule has 3 fully saturated rings. The van der Waals surface area contributed by atoms with Gasteiger partial charge in [0.25, 0.3) is 23.6 Å². The van der Waals surface area contributed by atoms with Crippen molar-refractivity contribution in [3.63, 3.8) is 0 Å². The maximum atomic E-state index is 15.2. The lowest BCUT2D eigenvalue weighted by Crippen LogP contribution is -2.59. The Bertz CT molecular complexity index is 2060. The fourth-order valence-electron chi connectivity index (χ4n) is 7.62. The monoisotopic (exact) mass is 772 g/mol. The summed E-state index contributed by atoms with van der Waals surface area (Å²) in [7, 11) is 0. The van der Waals surface area contributed by atoms with Gasteiger partial charge in [-0.05, 0) is 62.8 Å². The van der Waals surface area contributed by atoms with Gasteiger partial charge in [-0.3, -0.25) is 38.7 Å². The highest BCUT2D eigenvalue weighted by molar-refractivity contribution is 6.31. The van der Waals surface area contributed by atoms with Crippen molar-refractivity contribution >= 4 is 47.0 Å². The summed E-state index contributed by atoms with van der Waals surface area (Å²) in [5.74, 6) is -2.94. The molecule has 2 aromatic carbocycles. The summed E-state index contributed by atoms with van der Waals surface area (Å²) >= 11 is 6.14. The minimum atomic E-state index is -1.20. The molecular weight excluding hydrogens is 735 g/mol. The van der Waals surface area contributed by atoms with Crippen LogP contribution >= 0.6 is 11.6 Å². The molecule has 4 heterocycles. The van der Waals surface area contributed by atoms with Gasteiger partial charge in [-0.2, -0.15) is 5.26 Å². The van der Waals surface area contributed by atoms with Gasteiger partial charge in [-0.15, -0.1) is 0 Å². The number of aromatic nitrogens is 2. The molecule has 286 valence electrons. The van der Waals surface area contributed by atoms with Crippen LogP contribution in [0.25, 0.3) is 0 Å². The molecule has 0 spiro atoms. The van der Waals surface area contributed by atoms with Gasteiger partial charge in [0.2, 0.25) is 5.91 Å². The summed E-state index contributed by atoms with van der Waals surface area (Å²) in [4.78, 5) is 80.0. The molecule has 7 rings (SSSR count). The molecule has 55 heavy (non-hydrogen) atoms. The summed E-state index contributed by atoms with van der Waals surface area (Å²) in [6, 6.07) is 7.39. The molecule has 2 N–H and O–H groups in total. The number of benzene rings is 2. The normalized spacial score (nSPS) is 21.8. The number of imide groups is 2. The van der Waals surface area contributed by atoms with Gasteiger partial charge in [-0.25, -0.2) is 14.4 Å². The lowest BCUT2D eigenvalue weighted by molar-refractivity contribution is -0.155. The average molecular weight is 773 g/mol. The van der Waals surface area contributed by atoms with Crippen LogP contribution in [-0.4, -0.2) is 112 Å². The average Bonchev–Trinajstić information content (AvgIpc) is 3.41. The molecule has 1 aromatic heterocycles. The number of fused-ring (bicyclic) bond motifs is 1. The number of ether oxygens (including phenoxy) is 2. The predicted octanol–water partition coefficient (Wildman–Crippen LogP) is 3.33. The second kappa shape index (κ2) is 16.0. The minimum absolute atomic E-state index is 0.0212. The van der Waals surface area contributed by atoms with Crippen molar-refractivity contribution in [2.45, 2.75) is 63.1 Å². The smallest absolute Gasteiger partial charge is 0.268 e. The molecule has 1 unspecified atom stereocenters. The van der Waals surface area contributed by atoms with E-state index in [4.69, 9.17) is 32.1 Å². The van der Waals surface area contributed by atoms with Crippen LogP contribution in [0.1, 0.15) is 81.7 Å². The zero-order chi connectivity index (χ0) is 38.8. The third kappa shape index (κ3) is 7.80. The number of nitrogens with two attached hydrogens (primary N) is 1. The molecule has 0 bridgehead atoms. The number of piperidine rings is 1. The van der Waals surface area contributed by atoms with E-state index in [0.29, 0.717) is 68.9 Å². The van der Waals surface area contributed by atoms with E-state index in [1.165, 1.54) is 23.4 Å². The Morgan fingerprint density at radius 1 is 0.945 bits per heavy atom. The Labute approximate surface area is 320 Å². The number of carbonyl (C=O) groups is 5. The quantitative estimate of drug-likeness (QED) is 0.221. The topological polar surface area (TPSA) is 192 Å². The summed E-state index contributed by atoms with van der Waals surface area (Å²) < 4.78 is 27.0. The van der Waals surface area contributed by atoms with Gasteiger partial charge in [-0.1, -0.05) is 11.6 Å². The number of piperazine rings is 1. The van der Waals surface area contributed by atoms with Crippen LogP contribution in [0, 0.1) is 17.1 Å².